The quantitative estimate of drug-likeness (QED) is 0.685. The first-order chi connectivity index (χ1) is 15.0. The van der Waals surface area contributed by atoms with Crippen LogP contribution in [0.25, 0.3) is 0 Å². The summed E-state index contributed by atoms with van der Waals surface area (Å²) in [5.74, 6) is -1.45. The van der Waals surface area contributed by atoms with Crippen LogP contribution < -0.4 is 5.32 Å². The summed E-state index contributed by atoms with van der Waals surface area (Å²) in [7, 11) is -3.67. The summed E-state index contributed by atoms with van der Waals surface area (Å²) in [5, 5.41) is 2.79. The van der Waals surface area contributed by atoms with Crippen LogP contribution in [-0.2, 0) is 32.7 Å². The summed E-state index contributed by atoms with van der Waals surface area (Å²) >= 11 is 0. The SMILES string of the molecule is CCS(=O)(=O)N1CC(=O)N(Cc2cccc(C)c2)[C@](C)(C(=O)NCc2ccc(F)cc2)C1. The lowest BCUT2D eigenvalue weighted by atomic mass is 9.94. The Labute approximate surface area is 188 Å². The van der Waals surface area contributed by atoms with Gasteiger partial charge in [-0.3, -0.25) is 9.59 Å². The third kappa shape index (κ3) is 5.16. The molecule has 0 radical (unpaired) electrons. The maximum absolute atomic E-state index is 13.3. The molecule has 3 rings (SSSR count). The van der Waals surface area contributed by atoms with Crippen molar-refractivity contribution in [3.8, 4) is 0 Å². The van der Waals surface area contributed by atoms with E-state index in [2.05, 4.69) is 5.32 Å². The lowest BCUT2D eigenvalue weighted by Gasteiger charge is -2.46. The molecule has 1 aliphatic rings. The van der Waals surface area contributed by atoms with Gasteiger partial charge in [-0.2, -0.15) is 4.31 Å². The normalized spacial score (nSPS) is 19.8. The minimum absolute atomic E-state index is 0.127. The van der Waals surface area contributed by atoms with Crippen LogP contribution in [0, 0.1) is 12.7 Å². The van der Waals surface area contributed by atoms with E-state index in [1.165, 1.54) is 24.0 Å². The number of hydrogen-bond acceptors (Lipinski definition) is 4. The topological polar surface area (TPSA) is 86.8 Å². The molecule has 0 bridgehead atoms. The van der Waals surface area contributed by atoms with Gasteiger partial charge in [-0.1, -0.05) is 42.0 Å². The molecule has 0 spiro atoms. The van der Waals surface area contributed by atoms with Crippen molar-refractivity contribution in [2.75, 3.05) is 18.8 Å². The molecule has 2 aromatic rings. The summed E-state index contributed by atoms with van der Waals surface area (Å²) in [4.78, 5) is 27.9. The fourth-order valence-electron chi connectivity index (χ4n) is 3.80. The summed E-state index contributed by atoms with van der Waals surface area (Å²) < 4.78 is 39.3. The van der Waals surface area contributed by atoms with Crippen molar-refractivity contribution in [2.24, 2.45) is 0 Å². The number of carbonyl (C=O) groups excluding carboxylic acids is 2. The number of nitrogens with zero attached hydrogens (tertiary/aromatic N) is 2. The van der Waals surface area contributed by atoms with Crippen LogP contribution in [0.2, 0.25) is 0 Å². The molecule has 0 aliphatic carbocycles. The molecular formula is C23H28FN3O4S. The molecule has 2 aromatic carbocycles. The van der Waals surface area contributed by atoms with Gasteiger partial charge in [0.05, 0.1) is 12.3 Å². The zero-order valence-electron chi connectivity index (χ0n) is 18.5. The van der Waals surface area contributed by atoms with Gasteiger partial charge in [0.15, 0.2) is 0 Å². The third-order valence-electron chi connectivity index (χ3n) is 5.73. The maximum atomic E-state index is 13.3. The number of rotatable bonds is 7. The summed E-state index contributed by atoms with van der Waals surface area (Å²) in [6, 6.07) is 13.3. The van der Waals surface area contributed by atoms with Gasteiger partial charge in [0.25, 0.3) is 0 Å². The van der Waals surface area contributed by atoms with E-state index < -0.39 is 27.4 Å². The highest BCUT2D eigenvalue weighted by Crippen LogP contribution is 2.27. The summed E-state index contributed by atoms with van der Waals surface area (Å²) in [5.41, 5.74) is 1.14. The number of aryl methyl sites for hydroxylation is 1. The Kier molecular flexibility index (Phi) is 7.00. The molecule has 1 atom stereocenters. The number of piperazine rings is 1. The number of carbonyl (C=O) groups is 2. The van der Waals surface area contributed by atoms with Crippen molar-refractivity contribution in [1.82, 2.24) is 14.5 Å². The number of nitrogens with one attached hydrogen (secondary N) is 1. The first kappa shape index (κ1) is 23.9. The number of amides is 2. The Morgan fingerprint density at radius 1 is 1.16 bits per heavy atom. The van der Waals surface area contributed by atoms with Crippen LogP contribution in [0.1, 0.15) is 30.5 Å². The van der Waals surface area contributed by atoms with E-state index in [9.17, 15) is 22.4 Å². The molecule has 9 heteroatoms. The van der Waals surface area contributed by atoms with E-state index in [0.29, 0.717) is 5.56 Å². The van der Waals surface area contributed by atoms with Gasteiger partial charge in [0, 0.05) is 19.6 Å². The molecule has 2 amide bonds. The highest BCUT2D eigenvalue weighted by atomic mass is 32.2. The predicted octanol–water partition coefficient (Wildman–Crippen LogP) is 2.20. The minimum Gasteiger partial charge on any atom is -0.350 e. The second-order valence-electron chi connectivity index (χ2n) is 8.22. The van der Waals surface area contributed by atoms with Crippen molar-refractivity contribution in [3.63, 3.8) is 0 Å². The highest BCUT2D eigenvalue weighted by Gasteiger charge is 2.49. The van der Waals surface area contributed by atoms with E-state index >= 15 is 0 Å². The average molecular weight is 462 g/mol. The lowest BCUT2D eigenvalue weighted by Crippen LogP contribution is -2.69. The Balaban J connectivity index is 1.89. The van der Waals surface area contributed by atoms with Crippen LogP contribution in [0.3, 0.4) is 0 Å². The van der Waals surface area contributed by atoms with Gasteiger partial charge in [-0.25, -0.2) is 12.8 Å². The molecule has 1 heterocycles. The number of hydrogen-bond donors (Lipinski definition) is 1. The third-order valence-corrected chi connectivity index (χ3v) is 7.50. The van der Waals surface area contributed by atoms with E-state index in [1.54, 1.807) is 19.1 Å². The Morgan fingerprint density at radius 2 is 1.84 bits per heavy atom. The van der Waals surface area contributed by atoms with Gasteiger partial charge in [0.2, 0.25) is 21.8 Å². The number of benzene rings is 2. The maximum Gasteiger partial charge on any atom is 0.247 e. The summed E-state index contributed by atoms with van der Waals surface area (Å²) in [6.45, 7) is 4.89. The Bertz CT molecular complexity index is 1100. The van der Waals surface area contributed by atoms with Crippen LogP contribution in [0.5, 0.6) is 0 Å². The van der Waals surface area contributed by atoms with Crippen molar-refractivity contribution < 1.29 is 22.4 Å². The van der Waals surface area contributed by atoms with E-state index in [-0.39, 0.29) is 37.7 Å². The van der Waals surface area contributed by atoms with Crippen LogP contribution in [0.4, 0.5) is 4.39 Å². The average Bonchev–Trinajstić information content (AvgIpc) is 2.75. The molecule has 172 valence electrons. The molecule has 1 fully saturated rings. The molecule has 7 nitrogen and oxygen atoms in total. The van der Waals surface area contributed by atoms with E-state index in [4.69, 9.17) is 0 Å². The van der Waals surface area contributed by atoms with Gasteiger partial charge < -0.3 is 10.2 Å². The molecule has 1 N–H and O–H groups in total. The first-order valence-electron chi connectivity index (χ1n) is 10.4. The molecule has 0 unspecified atom stereocenters. The standard InChI is InChI=1S/C23H28FN3O4S/c1-4-32(30,31)26-15-21(28)27(14-19-7-5-6-17(2)12-19)23(3,16-26)22(29)25-13-18-8-10-20(24)11-9-18/h5-12H,4,13-16H2,1-3H3,(H,25,29)/t23-/m0/s1. The van der Waals surface area contributed by atoms with Gasteiger partial charge >= 0.3 is 0 Å². The fraction of sp³-hybridized carbons (Fsp3) is 0.391. The molecule has 1 saturated heterocycles. The fourth-order valence-corrected chi connectivity index (χ4v) is 4.92. The van der Waals surface area contributed by atoms with Crippen LogP contribution >= 0.6 is 0 Å². The van der Waals surface area contributed by atoms with Crippen LogP contribution in [-0.4, -0.2) is 53.8 Å². The highest BCUT2D eigenvalue weighted by molar-refractivity contribution is 7.89. The van der Waals surface area contributed by atoms with Gasteiger partial charge in [0.1, 0.15) is 11.4 Å². The Morgan fingerprint density at radius 3 is 2.47 bits per heavy atom. The molecule has 1 aliphatic heterocycles. The number of sulfonamides is 1. The van der Waals surface area contributed by atoms with Crippen molar-refractivity contribution in [1.29, 1.82) is 0 Å². The van der Waals surface area contributed by atoms with E-state index in [1.807, 2.05) is 31.2 Å². The van der Waals surface area contributed by atoms with Gasteiger partial charge in [-0.15, -0.1) is 0 Å². The zero-order chi connectivity index (χ0) is 23.5. The second-order valence-corrected chi connectivity index (χ2v) is 10.5. The molecule has 0 aromatic heterocycles. The van der Waals surface area contributed by atoms with Crippen LogP contribution in [0.15, 0.2) is 48.5 Å². The Hall–Kier alpha value is -2.78. The monoisotopic (exact) mass is 461 g/mol. The second kappa shape index (κ2) is 9.38. The van der Waals surface area contributed by atoms with Crippen molar-refractivity contribution in [2.45, 2.75) is 39.4 Å². The summed E-state index contributed by atoms with van der Waals surface area (Å²) in [6.07, 6.45) is 0. The lowest BCUT2D eigenvalue weighted by molar-refractivity contribution is -0.153. The predicted molar refractivity (Wildman–Crippen MR) is 119 cm³/mol. The smallest absolute Gasteiger partial charge is 0.247 e. The zero-order valence-corrected chi connectivity index (χ0v) is 19.3. The first-order valence-corrected chi connectivity index (χ1v) is 12.0. The largest absolute Gasteiger partial charge is 0.350 e. The molecular weight excluding hydrogens is 433 g/mol. The molecule has 0 saturated carbocycles. The van der Waals surface area contributed by atoms with Crippen molar-refractivity contribution in [3.05, 3.63) is 71.0 Å². The molecule has 32 heavy (non-hydrogen) atoms. The van der Waals surface area contributed by atoms with Gasteiger partial charge in [-0.05, 0) is 44.0 Å². The number of halogens is 1. The van der Waals surface area contributed by atoms with E-state index in [0.717, 1.165) is 15.4 Å². The van der Waals surface area contributed by atoms with Crippen molar-refractivity contribution >= 4 is 21.8 Å². The minimum atomic E-state index is -3.67.